The van der Waals surface area contributed by atoms with E-state index in [1.165, 1.54) is 31.5 Å². The second kappa shape index (κ2) is 8.54. The molecule has 1 N–H and O–H groups in total. The smallest absolute Gasteiger partial charge is 0.290 e. The third-order valence-electron chi connectivity index (χ3n) is 5.62. The number of likely N-dealkylation sites (tertiary alicyclic amines) is 1. The summed E-state index contributed by atoms with van der Waals surface area (Å²) in [5.74, 6) is 0.504. The molecule has 1 atom stereocenters. The zero-order chi connectivity index (χ0) is 18.6. The summed E-state index contributed by atoms with van der Waals surface area (Å²) < 4.78 is 0.657. The molecule has 144 valence electrons. The fourth-order valence-corrected chi connectivity index (χ4v) is 4.42. The van der Waals surface area contributed by atoms with Gasteiger partial charge in [0.1, 0.15) is 4.60 Å². The zero-order valence-electron chi connectivity index (χ0n) is 15.5. The number of anilines is 1. The first-order chi connectivity index (χ1) is 13.2. The van der Waals surface area contributed by atoms with E-state index in [-0.39, 0.29) is 11.6 Å². The van der Waals surface area contributed by atoms with Crippen molar-refractivity contribution in [2.24, 2.45) is 0 Å². The maximum Gasteiger partial charge on any atom is 0.290 e. The third kappa shape index (κ3) is 4.42. The van der Waals surface area contributed by atoms with E-state index in [1.807, 2.05) is 0 Å². The standard InChI is InChI=1S/C20H26BrN5O/c21-18-14-22-20(27)19(23-18)26-13-12-25(11-10-24-8-4-5-9-24)17(15-26)16-6-2-1-3-7-16/h1-3,6-7,14,17H,4-5,8-13,15H2,(H,22,27). The summed E-state index contributed by atoms with van der Waals surface area (Å²) in [4.78, 5) is 26.7. The Morgan fingerprint density at radius 1 is 1.07 bits per heavy atom. The van der Waals surface area contributed by atoms with Crippen LogP contribution in [0.4, 0.5) is 5.82 Å². The fourth-order valence-electron chi connectivity index (χ4n) is 4.14. The molecule has 2 aliphatic heterocycles. The molecule has 0 amide bonds. The number of nitrogens with zero attached hydrogens (tertiary/aromatic N) is 4. The first kappa shape index (κ1) is 18.7. The van der Waals surface area contributed by atoms with E-state index in [9.17, 15) is 4.79 Å². The van der Waals surface area contributed by atoms with E-state index in [0.717, 1.165) is 32.7 Å². The van der Waals surface area contributed by atoms with Gasteiger partial charge in [0.05, 0.1) is 6.04 Å². The van der Waals surface area contributed by atoms with Crippen molar-refractivity contribution in [2.75, 3.05) is 50.7 Å². The van der Waals surface area contributed by atoms with Crippen LogP contribution in [0.2, 0.25) is 0 Å². The molecule has 1 aromatic carbocycles. The average molecular weight is 432 g/mol. The molecule has 2 aliphatic rings. The average Bonchev–Trinajstić information content (AvgIpc) is 3.22. The summed E-state index contributed by atoms with van der Waals surface area (Å²) in [6.07, 6.45) is 4.24. The van der Waals surface area contributed by atoms with Gasteiger partial charge in [-0.2, -0.15) is 0 Å². The minimum atomic E-state index is -0.129. The monoisotopic (exact) mass is 431 g/mol. The van der Waals surface area contributed by atoms with Crippen LogP contribution >= 0.6 is 15.9 Å². The minimum Gasteiger partial charge on any atom is -0.349 e. The van der Waals surface area contributed by atoms with Crippen molar-refractivity contribution in [3.8, 4) is 0 Å². The quantitative estimate of drug-likeness (QED) is 0.787. The zero-order valence-corrected chi connectivity index (χ0v) is 17.1. The third-order valence-corrected chi connectivity index (χ3v) is 6.02. The highest BCUT2D eigenvalue weighted by molar-refractivity contribution is 9.10. The van der Waals surface area contributed by atoms with Gasteiger partial charge in [0.15, 0.2) is 5.82 Å². The van der Waals surface area contributed by atoms with Crippen molar-refractivity contribution in [1.82, 2.24) is 19.8 Å². The van der Waals surface area contributed by atoms with Crippen LogP contribution in [-0.4, -0.2) is 65.6 Å². The van der Waals surface area contributed by atoms with Gasteiger partial charge < -0.3 is 14.8 Å². The van der Waals surface area contributed by atoms with E-state index >= 15 is 0 Å². The molecule has 7 heteroatoms. The summed E-state index contributed by atoms with van der Waals surface area (Å²) in [7, 11) is 0. The van der Waals surface area contributed by atoms with E-state index in [4.69, 9.17) is 0 Å². The molecule has 0 saturated carbocycles. The number of aromatic nitrogens is 2. The number of benzene rings is 1. The van der Waals surface area contributed by atoms with Gasteiger partial charge in [-0.05, 0) is 47.4 Å². The molecule has 0 spiro atoms. The van der Waals surface area contributed by atoms with Crippen LogP contribution in [0, 0.1) is 0 Å². The van der Waals surface area contributed by atoms with Gasteiger partial charge in [-0.1, -0.05) is 30.3 Å². The van der Waals surface area contributed by atoms with Gasteiger partial charge in [0.2, 0.25) is 0 Å². The Bertz CT molecular complexity index is 806. The van der Waals surface area contributed by atoms with Crippen LogP contribution in [0.3, 0.4) is 0 Å². The van der Waals surface area contributed by atoms with Gasteiger partial charge in [0, 0.05) is 38.9 Å². The van der Waals surface area contributed by atoms with Crippen LogP contribution in [0.5, 0.6) is 0 Å². The van der Waals surface area contributed by atoms with Crippen molar-refractivity contribution in [1.29, 1.82) is 0 Å². The molecule has 2 saturated heterocycles. The van der Waals surface area contributed by atoms with Crippen molar-refractivity contribution in [3.63, 3.8) is 0 Å². The summed E-state index contributed by atoms with van der Waals surface area (Å²) in [6, 6.07) is 10.9. The van der Waals surface area contributed by atoms with Crippen LogP contribution < -0.4 is 10.5 Å². The molecule has 4 rings (SSSR count). The highest BCUT2D eigenvalue weighted by atomic mass is 79.9. The van der Waals surface area contributed by atoms with Crippen molar-refractivity contribution < 1.29 is 0 Å². The van der Waals surface area contributed by atoms with Crippen LogP contribution in [-0.2, 0) is 0 Å². The highest BCUT2D eigenvalue weighted by Crippen LogP contribution is 2.27. The molecular formula is C20H26BrN5O. The molecule has 1 aromatic heterocycles. The molecular weight excluding hydrogens is 406 g/mol. The Hall–Kier alpha value is -1.70. The van der Waals surface area contributed by atoms with E-state index < -0.39 is 0 Å². The Balaban J connectivity index is 1.53. The number of nitrogens with one attached hydrogen (secondary N) is 1. The number of piperazine rings is 1. The second-order valence-corrected chi connectivity index (χ2v) is 8.15. The predicted molar refractivity (Wildman–Crippen MR) is 111 cm³/mol. The van der Waals surface area contributed by atoms with Crippen LogP contribution in [0.25, 0.3) is 0 Å². The summed E-state index contributed by atoms with van der Waals surface area (Å²) >= 11 is 3.37. The number of halogens is 1. The summed E-state index contributed by atoms with van der Waals surface area (Å²) in [6.45, 7) is 7.17. The molecule has 27 heavy (non-hydrogen) atoms. The first-order valence-corrected chi connectivity index (χ1v) is 10.5. The van der Waals surface area contributed by atoms with Crippen molar-refractivity contribution in [3.05, 3.63) is 57.0 Å². The Labute approximate surface area is 168 Å². The highest BCUT2D eigenvalue weighted by Gasteiger charge is 2.30. The van der Waals surface area contributed by atoms with Gasteiger partial charge in [0.25, 0.3) is 5.56 Å². The first-order valence-electron chi connectivity index (χ1n) is 9.72. The van der Waals surface area contributed by atoms with Gasteiger partial charge in [-0.15, -0.1) is 0 Å². The largest absolute Gasteiger partial charge is 0.349 e. The lowest BCUT2D eigenvalue weighted by Crippen LogP contribution is -2.51. The molecule has 0 aliphatic carbocycles. The predicted octanol–water partition coefficient (Wildman–Crippen LogP) is 2.49. The normalized spacial score (nSPS) is 21.7. The molecule has 2 aromatic rings. The Kier molecular flexibility index (Phi) is 5.90. The van der Waals surface area contributed by atoms with E-state index in [2.05, 4.69) is 70.9 Å². The molecule has 0 bridgehead atoms. The summed E-state index contributed by atoms with van der Waals surface area (Å²) in [5.41, 5.74) is 1.17. The van der Waals surface area contributed by atoms with E-state index in [1.54, 1.807) is 6.20 Å². The second-order valence-electron chi connectivity index (χ2n) is 7.33. The maximum absolute atomic E-state index is 12.3. The number of H-pyrrole nitrogens is 1. The Morgan fingerprint density at radius 2 is 1.85 bits per heavy atom. The lowest BCUT2D eigenvalue weighted by molar-refractivity contribution is 0.155. The molecule has 1 unspecified atom stereocenters. The van der Waals surface area contributed by atoms with Gasteiger partial charge >= 0.3 is 0 Å². The topological polar surface area (TPSA) is 55.5 Å². The number of aromatic amines is 1. The van der Waals surface area contributed by atoms with Gasteiger partial charge in [-0.3, -0.25) is 9.69 Å². The van der Waals surface area contributed by atoms with Gasteiger partial charge in [-0.25, -0.2) is 4.98 Å². The molecule has 6 nitrogen and oxygen atoms in total. The Morgan fingerprint density at radius 3 is 2.63 bits per heavy atom. The number of rotatable bonds is 5. The maximum atomic E-state index is 12.3. The fraction of sp³-hybridized carbons (Fsp3) is 0.500. The van der Waals surface area contributed by atoms with Crippen LogP contribution in [0.15, 0.2) is 45.9 Å². The number of hydrogen-bond acceptors (Lipinski definition) is 5. The number of hydrogen-bond donors (Lipinski definition) is 1. The van der Waals surface area contributed by atoms with Crippen molar-refractivity contribution in [2.45, 2.75) is 18.9 Å². The van der Waals surface area contributed by atoms with Crippen molar-refractivity contribution >= 4 is 21.7 Å². The van der Waals surface area contributed by atoms with Crippen LogP contribution in [0.1, 0.15) is 24.4 Å². The van der Waals surface area contributed by atoms with E-state index in [0.29, 0.717) is 10.4 Å². The minimum absolute atomic E-state index is 0.129. The summed E-state index contributed by atoms with van der Waals surface area (Å²) in [5, 5.41) is 0. The molecule has 3 heterocycles. The lowest BCUT2D eigenvalue weighted by atomic mass is 10.0. The SMILES string of the molecule is O=c1[nH]cc(Br)nc1N1CCN(CCN2CCCC2)C(c2ccccc2)C1. The lowest BCUT2D eigenvalue weighted by Gasteiger charge is -2.42. The molecule has 0 radical (unpaired) electrons. The molecule has 2 fully saturated rings.